The lowest BCUT2D eigenvalue weighted by Crippen LogP contribution is -2.49. The lowest BCUT2D eigenvalue weighted by Gasteiger charge is -2.12. The molecule has 0 aromatic heterocycles. The maximum absolute atomic E-state index is 12.2. The molecule has 3 N–H and O–H groups in total. The Morgan fingerprint density at radius 1 is 1.00 bits per heavy atom. The van der Waals surface area contributed by atoms with E-state index in [1.807, 2.05) is 0 Å². The van der Waals surface area contributed by atoms with Gasteiger partial charge in [0.05, 0.1) is 24.8 Å². The molecule has 2 amide bonds. The van der Waals surface area contributed by atoms with Crippen LogP contribution in [0.15, 0.2) is 48.5 Å². The van der Waals surface area contributed by atoms with Crippen LogP contribution >= 0.6 is 12.2 Å². The highest BCUT2D eigenvalue weighted by Crippen LogP contribution is 2.16. The van der Waals surface area contributed by atoms with Crippen molar-refractivity contribution in [2.45, 2.75) is 6.92 Å². The predicted molar refractivity (Wildman–Crippen MR) is 112 cm³/mol. The summed E-state index contributed by atoms with van der Waals surface area (Å²) < 4.78 is 15.3. The van der Waals surface area contributed by atoms with E-state index in [0.29, 0.717) is 22.6 Å². The minimum atomic E-state index is -0.529. The van der Waals surface area contributed by atoms with Gasteiger partial charge < -0.3 is 14.2 Å². The van der Waals surface area contributed by atoms with Gasteiger partial charge in [-0.3, -0.25) is 25.8 Å². The Morgan fingerprint density at radius 3 is 2.37 bits per heavy atom. The average molecular weight is 431 g/mol. The van der Waals surface area contributed by atoms with Gasteiger partial charge in [0.2, 0.25) is 0 Å². The summed E-state index contributed by atoms with van der Waals surface area (Å²) in [7, 11) is 1.45. The zero-order valence-electron chi connectivity index (χ0n) is 16.4. The number of para-hydroxylation sites is 1. The number of hydrazine groups is 1. The van der Waals surface area contributed by atoms with Crippen LogP contribution < -0.4 is 25.6 Å². The molecule has 2 rings (SSSR count). The van der Waals surface area contributed by atoms with Crippen molar-refractivity contribution in [2.24, 2.45) is 0 Å². The van der Waals surface area contributed by atoms with Crippen LogP contribution in [-0.2, 0) is 9.53 Å². The van der Waals surface area contributed by atoms with Crippen molar-refractivity contribution in [3.63, 3.8) is 0 Å². The quantitative estimate of drug-likeness (QED) is 0.344. The highest BCUT2D eigenvalue weighted by atomic mass is 32.1. The van der Waals surface area contributed by atoms with Crippen LogP contribution in [0.5, 0.6) is 11.5 Å². The molecule has 0 spiro atoms. The minimum absolute atomic E-state index is 0.0990. The highest BCUT2D eigenvalue weighted by Gasteiger charge is 2.13. The molecular formula is C20H21N3O6S. The van der Waals surface area contributed by atoms with E-state index in [0.717, 1.165) is 0 Å². The molecule has 10 heteroatoms. The molecule has 0 bridgehead atoms. The molecule has 0 aliphatic rings. The van der Waals surface area contributed by atoms with Gasteiger partial charge in [-0.1, -0.05) is 12.1 Å². The molecule has 0 atom stereocenters. The summed E-state index contributed by atoms with van der Waals surface area (Å²) in [5.41, 5.74) is 5.40. The summed E-state index contributed by atoms with van der Waals surface area (Å²) in [4.78, 5) is 35.7. The summed E-state index contributed by atoms with van der Waals surface area (Å²) in [5.74, 6) is -0.667. The highest BCUT2D eigenvalue weighted by molar-refractivity contribution is 7.80. The number of benzene rings is 2. The molecule has 0 unspecified atom stereocenters. The molecule has 2 aromatic carbocycles. The van der Waals surface area contributed by atoms with Crippen LogP contribution in [-0.4, -0.2) is 43.2 Å². The van der Waals surface area contributed by atoms with Crippen LogP contribution in [0.1, 0.15) is 27.6 Å². The van der Waals surface area contributed by atoms with Gasteiger partial charge >= 0.3 is 5.97 Å². The fraction of sp³-hybridized carbons (Fsp3) is 0.200. The number of carbonyl (C=O) groups excluding carboxylic acids is 3. The summed E-state index contributed by atoms with van der Waals surface area (Å²) in [6, 6.07) is 12.8. The third kappa shape index (κ3) is 6.74. The van der Waals surface area contributed by atoms with Gasteiger partial charge in [-0.05, 0) is 55.5 Å². The monoisotopic (exact) mass is 431 g/mol. The standard InChI is InChI=1S/C20H21N3O6S/c1-3-28-19(26)13-8-10-14(11-9-13)29-12-17(24)22-23-20(30)21-18(25)15-6-4-5-7-16(15)27-2/h4-11H,3,12H2,1-2H3,(H,22,24)(H2,21,23,25,30). The number of thiocarbonyl (C=S) groups is 1. The van der Waals surface area contributed by atoms with E-state index in [-0.39, 0.29) is 18.3 Å². The molecule has 30 heavy (non-hydrogen) atoms. The second-order valence-corrected chi connectivity index (χ2v) is 6.10. The molecule has 0 aliphatic carbocycles. The first-order chi connectivity index (χ1) is 14.4. The van der Waals surface area contributed by atoms with Gasteiger partial charge in [-0.15, -0.1) is 0 Å². The lowest BCUT2D eigenvalue weighted by atomic mass is 10.2. The van der Waals surface area contributed by atoms with Crippen molar-refractivity contribution in [3.8, 4) is 11.5 Å². The summed E-state index contributed by atoms with van der Waals surface area (Å²) in [5, 5.41) is 2.33. The van der Waals surface area contributed by atoms with Gasteiger partial charge in [0, 0.05) is 0 Å². The second kappa shape index (κ2) is 11.4. The van der Waals surface area contributed by atoms with Crippen molar-refractivity contribution in [1.29, 1.82) is 0 Å². The molecule has 0 saturated heterocycles. The zero-order chi connectivity index (χ0) is 21.9. The molecule has 0 aliphatic heterocycles. The molecule has 9 nitrogen and oxygen atoms in total. The number of methoxy groups -OCH3 is 1. The van der Waals surface area contributed by atoms with E-state index in [9.17, 15) is 14.4 Å². The molecular weight excluding hydrogens is 410 g/mol. The number of carbonyl (C=O) groups is 3. The third-order valence-electron chi connectivity index (χ3n) is 3.63. The maximum atomic E-state index is 12.2. The largest absolute Gasteiger partial charge is 0.496 e. The fourth-order valence-corrected chi connectivity index (χ4v) is 2.39. The number of amides is 2. The number of hydrogen-bond acceptors (Lipinski definition) is 7. The third-order valence-corrected chi connectivity index (χ3v) is 3.83. The van der Waals surface area contributed by atoms with E-state index < -0.39 is 17.8 Å². The van der Waals surface area contributed by atoms with Gasteiger partial charge in [-0.2, -0.15) is 0 Å². The molecule has 2 aromatic rings. The molecule has 0 fully saturated rings. The molecule has 0 heterocycles. The van der Waals surface area contributed by atoms with Crippen LogP contribution in [0.3, 0.4) is 0 Å². The van der Waals surface area contributed by atoms with Crippen molar-refractivity contribution in [3.05, 3.63) is 59.7 Å². The Balaban J connectivity index is 1.75. The SMILES string of the molecule is CCOC(=O)c1ccc(OCC(=O)NNC(=S)NC(=O)c2ccccc2OC)cc1. The van der Waals surface area contributed by atoms with Gasteiger partial charge in [0.15, 0.2) is 11.7 Å². The van der Waals surface area contributed by atoms with E-state index in [1.165, 1.54) is 19.2 Å². The average Bonchev–Trinajstić information content (AvgIpc) is 2.76. The maximum Gasteiger partial charge on any atom is 0.338 e. The van der Waals surface area contributed by atoms with Crippen LogP contribution in [0.4, 0.5) is 0 Å². The van der Waals surface area contributed by atoms with E-state index in [1.54, 1.807) is 43.3 Å². The molecule has 0 radical (unpaired) electrons. The van der Waals surface area contributed by atoms with Crippen LogP contribution in [0.2, 0.25) is 0 Å². The van der Waals surface area contributed by atoms with E-state index >= 15 is 0 Å². The van der Waals surface area contributed by atoms with Crippen molar-refractivity contribution < 1.29 is 28.6 Å². The van der Waals surface area contributed by atoms with Gasteiger partial charge in [0.25, 0.3) is 11.8 Å². The Labute approximate surface area is 178 Å². The Morgan fingerprint density at radius 2 is 1.70 bits per heavy atom. The van der Waals surface area contributed by atoms with E-state index in [4.69, 9.17) is 26.4 Å². The van der Waals surface area contributed by atoms with Crippen molar-refractivity contribution in [2.75, 3.05) is 20.3 Å². The molecule has 158 valence electrons. The van der Waals surface area contributed by atoms with Crippen LogP contribution in [0.25, 0.3) is 0 Å². The summed E-state index contributed by atoms with van der Waals surface area (Å²) >= 11 is 4.98. The summed E-state index contributed by atoms with van der Waals surface area (Å²) in [6.07, 6.45) is 0. The molecule has 0 saturated carbocycles. The number of rotatable bonds is 7. The lowest BCUT2D eigenvalue weighted by molar-refractivity contribution is -0.123. The fourth-order valence-electron chi connectivity index (χ4n) is 2.25. The smallest absolute Gasteiger partial charge is 0.338 e. The number of ether oxygens (including phenoxy) is 3. The van der Waals surface area contributed by atoms with Gasteiger partial charge in [-0.25, -0.2) is 4.79 Å². The van der Waals surface area contributed by atoms with Gasteiger partial charge in [0.1, 0.15) is 11.5 Å². The first-order valence-corrected chi connectivity index (χ1v) is 9.28. The Hall–Kier alpha value is -3.66. The number of esters is 1. The van der Waals surface area contributed by atoms with E-state index in [2.05, 4.69) is 16.2 Å². The summed E-state index contributed by atoms with van der Waals surface area (Å²) in [6.45, 7) is 1.69. The Kier molecular flexibility index (Phi) is 8.57. The second-order valence-electron chi connectivity index (χ2n) is 5.69. The van der Waals surface area contributed by atoms with Crippen LogP contribution in [0, 0.1) is 0 Å². The normalized spacial score (nSPS) is 9.80. The topological polar surface area (TPSA) is 115 Å². The van der Waals surface area contributed by atoms with Crippen molar-refractivity contribution >= 4 is 35.1 Å². The number of nitrogens with one attached hydrogen (secondary N) is 3. The first-order valence-electron chi connectivity index (χ1n) is 8.87. The van der Waals surface area contributed by atoms with Crippen molar-refractivity contribution in [1.82, 2.24) is 16.2 Å². The minimum Gasteiger partial charge on any atom is -0.496 e. The first kappa shape index (κ1) is 22.6. The number of hydrogen-bond donors (Lipinski definition) is 3. The predicted octanol–water partition coefficient (Wildman–Crippen LogP) is 1.59. The Bertz CT molecular complexity index is 917. The zero-order valence-corrected chi connectivity index (χ0v) is 17.2.